The second kappa shape index (κ2) is 10.7. The Labute approximate surface area is 215 Å². The number of halogens is 2. The molecule has 4 rings (SSSR count). The van der Waals surface area contributed by atoms with Crippen LogP contribution in [0.2, 0.25) is 0 Å². The maximum Gasteiger partial charge on any atom is 0.270 e. The fourth-order valence-corrected chi connectivity index (χ4v) is 4.49. The molecule has 1 saturated heterocycles. The van der Waals surface area contributed by atoms with Gasteiger partial charge in [0, 0.05) is 27.6 Å². The van der Waals surface area contributed by atoms with E-state index in [0.29, 0.717) is 31.5 Å². The third-order valence-electron chi connectivity index (χ3n) is 5.95. The molecule has 34 heavy (non-hydrogen) atoms. The first kappa shape index (κ1) is 24.4. The van der Waals surface area contributed by atoms with Crippen molar-refractivity contribution in [1.82, 2.24) is 10.2 Å². The first-order chi connectivity index (χ1) is 16.3. The summed E-state index contributed by atoms with van der Waals surface area (Å²) in [5.41, 5.74) is 1.32. The monoisotopic (exact) mass is 582 g/mol. The van der Waals surface area contributed by atoms with Crippen molar-refractivity contribution < 1.29 is 14.7 Å². The predicted octanol–water partition coefficient (Wildman–Crippen LogP) is 5.49. The van der Waals surface area contributed by atoms with Crippen molar-refractivity contribution in [3.05, 3.63) is 110 Å². The molecule has 3 aromatic rings. The summed E-state index contributed by atoms with van der Waals surface area (Å²) in [5, 5.41) is 14.0. The minimum Gasteiger partial charge on any atom is -0.385 e. The maximum absolute atomic E-state index is 13.5. The first-order valence-corrected chi connectivity index (χ1v) is 12.5. The summed E-state index contributed by atoms with van der Waals surface area (Å²) in [7, 11) is 0. The Morgan fingerprint density at radius 2 is 1.41 bits per heavy atom. The molecule has 2 amide bonds. The van der Waals surface area contributed by atoms with Gasteiger partial charge in [-0.2, -0.15) is 0 Å². The van der Waals surface area contributed by atoms with Gasteiger partial charge in [0.1, 0.15) is 5.70 Å². The number of carbonyl (C=O) groups is 2. The quantitative estimate of drug-likeness (QED) is 0.390. The van der Waals surface area contributed by atoms with Gasteiger partial charge in [0.15, 0.2) is 0 Å². The molecule has 0 saturated carbocycles. The van der Waals surface area contributed by atoms with Crippen LogP contribution in [-0.4, -0.2) is 34.9 Å². The highest BCUT2D eigenvalue weighted by molar-refractivity contribution is 9.10. The number of hydrogen-bond acceptors (Lipinski definition) is 3. The summed E-state index contributed by atoms with van der Waals surface area (Å²) in [6.45, 7) is 0.761. The minimum absolute atomic E-state index is 0.202. The SMILES string of the molecule is O=C(NC(=Cc1ccccc1)C(=O)N1CCC(O)(c2ccc(Br)cc2)CC1)c1ccc(Br)cc1. The number of nitrogens with zero attached hydrogens (tertiary/aromatic N) is 1. The Kier molecular flexibility index (Phi) is 7.66. The van der Waals surface area contributed by atoms with E-state index >= 15 is 0 Å². The molecule has 0 aliphatic carbocycles. The van der Waals surface area contributed by atoms with E-state index in [9.17, 15) is 14.7 Å². The number of likely N-dealkylation sites (tertiary alicyclic amines) is 1. The molecule has 174 valence electrons. The van der Waals surface area contributed by atoms with E-state index in [1.54, 1.807) is 35.2 Å². The topological polar surface area (TPSA) is 69.6 Å². The average molecular weight is 584 g/mol. The van der Waals surface area contributed by atoms with Crippen molar-refractivity contribution in [1.29, 1.82) is 0 Å². The highest BCUT2D eigenvalue weighted by Gasteiger charge is 2.36. The van der Waals surface area contributed by atoms with E-state index in [2.05, 4.69) is 37.2 Å². The Morgan fingerprint density at radius 1 is 0.853 bits per heavy atom. The van der Waals surface area contributed by atoms with E-state index in [1.165, 1.54) is 0 Å². The molecule has 1 aliphatic rings. The van der Waals surface area contributed by atoms with Gasteiger partial charge < -0.3 is 15.3 Å². The smallest absolute Gasteiger partial charge is 0.270 e. The van der Waals surface area contributed by atoms with E-state index in [-0.39, 0.29) is 17.5 Å². The summed E-state index contributed by atoms with van der Waals surface area (Å²) >= 11 is 6.79. The van der Waals surface area contributed by atoms with E-state index < -0.39 is 5.60 Å². The van der Waals surface area contributed by atoms with Crippen molar-refractivity contribution in [3.8, 4) is 0 Å². The zero-order chi connectivity index (χ0) is 24.1. The van der Waals surface area contributed by atoms with Gasteiger partial charge in [-0.05, 0) is 66.4 Å². The highest BCUT2D eigenvalue weighted by atomic mass is 79.9. The molecule has 1 fully saturated rings. The molecule has 5 nitrogen and oxygen atoms in total. The predicted molar refractivity (Wildman–Crippen MR) is 140 cm³/mol. The zero-order valence-corrected chi connectivity index (χ0v) is 21.6. The molecule has 0 atom stereocenters. The lowest BCUT2D eigenvalue weighted by Gasteiger charge is -2.38. The second-order valence-corrected chi connectivity index (χ2v) is 10.1. The van der Waals surface area contributed by atoms with E-state index in [4.69, 9.17) is 0 Å². The minimum atomic E-state index is -0.985. The number of hydrogen-bond donors (Lipinski definition) is 2. The van der Waals surface area contributed by atoms with Crippen LogP contribution in [0.1, 0.15) is 34.3 Å². The summed E-state index contributed by atoms with van der Waals surface area (Å²) in [5.74, 6) is -0.626. The van der Waals surface area contributed by atoms with Crippen LogP contribution in [0, 0.1) is 0 Å². The lowest BCUT2D eigenvalue weighted by molar-refractivity contribution is -0.131. The molecule has 0 bridgehead atoms. The van der Waals surface area contributed by atoms with Gasteiger partial charge in [-0.25, -0.2) is 0 Å². The highest BCUT2D eigenvalue weighted by Crippen LogP contribution is 2.33. The second-order valence-electron chi connectivity index (χ2n) is 8.26. The number of rotatable bonds is 5. The molecule has 0 unspecified atom stereocenters. The van der Waals surface area contributed by atoms with Crippen LogP contribution in [0.4, 0.5) is 0 Å². The van der Waals surface area contributed by atoms with Crippen LogP contribution in [0.25, 0.3) is 6.08 Å². The third-order valence-corrected chi connectivity index (χ3v) is 7.01. The van der Waals surface area contributed by atoms with E-state index in [1.807, 2.05) is 54.6 Å². The van der Waals surface area contributed by atoms with Crippen LogP contribution in [0.3, 0.4) is 0 Å². The molecular formula is C27H24Br2N2O3. The summed E-state index contributed by atoms with van der Waals surface area (Å²) < 4.78 is 1.82. The number of carbonyl (C=O) groups excluding carboxylic acids is 2. The average Bonchev–Trinajstić information content (AvgIpc) is 2.85. The number of nitrogens with one attached hydrogen (secondary N) is 1. The molecule has 0 aromatic heterocycles. The van der Waals surface area contributed by atoms with Crippen LogP contribution >= 0.6 is 31.9 Å². The summed E-state index contributed by atoms with van der Waals surface area (Å²) in [4.78, 5) is 28.0. The molecule has 1 heterocycles. The van der Waals surface area contributed by atoms with Gasteiger partial charge in [-0.3, -0.25) is 9.59 Å². The van der Waals surface area contributed by atoms with E-state index in [0.717, 1.165) is 20.1 Å². The van der Waals surface area contributed by atoms with Crippen molar-refractivity contribution in [2.75, 3.05) is 13.1 Å². The van der Waals surface area contributed by atoms with Gasteiger partial charge in [-0.15, -0.1) is 0 Å². The fraction of sp³-hybridized carbons (Fsp3) is 0.185. The molecule has 3 aromatic carbocycles. The number of amides is 2. The Bertz CT molecular complexity index is 1180. The van der Waals surface area contributed by atoms with Crippen LogP contribution in [-0.2, 0) is 10.4 Å². The number of benzene rings is 3. The number of aliphatic hydroxyl groups is 1. The van der Waals surface area contributed by atoms with Gasteiger partial charge >= 0.3 is 0 Å². The van der Waals surface area contributed by atoms with Crippen LogP contribution < -0.4 is 5.32 Å². The van der Waals surface area contributed by atoms with Crippen LogP contribution in [0.5, 0.6) is 0 Å². The lowest BCUT2D eigenvalue weighted by atomic mass is 9.84. The summed E-state index contributed by atoms with van der Waals surface area (Å²) in [6, 6.07) is 24.0. The van der Waals surface area contributed by atoms with Crippen molar-refractivity contribution in [3.63, 3.8) is 0 Å². The lowest BCUT2D eigenvalue weighted by Crippen LogP contribution is -2.47. The molecule has 1 aliphatic heterocycles. The molecule has 7 heteroatoms. The Morgan fingerprint density at radius 3 is 2.00 bits per heavy atom. The fourth-order valence-electron chi connectivity index (χ4n) is 3.96. The van der Waals surface area contributed by atoms with Crippen molar-refractivity contribution >= 4 is 49.8 Å². The molecule has 2 N–H and O–H groups in total. The van der Waals surface area contributed by atoms with Crippen LogP contribution in [0.15, 0.2) is 93.5 Å². The molecule has 0 spiro atoms. The summed E-state index contributed by atoms with van der Waals surface area (Å²) in [6.07, 6.45) is 2.52. The standard InChI is InChI=1S/C27H24Br2N2O3/c28-22-10-6-20(7-11-22)25(32)30-24(18-19-4-2-1-3-5-19)26(33)31-16-14-27(34,15-17-31)21-8-12-23(29)13-9-21/h1-13,18,34H,14-17H2,(H,30,32). The molecule has 0 radical (unpaired) electrons. The third kappa shape index (κ3) is 5.84. The Hall–Kier alpha value is -2.74. The molecular weight excluding hydrogens is 560 g/mol. The normalized spacial score (nSPS) is 15.6. The number of piperidine rings is 1. The zero-order valence-electron chi connectivity index (χ0n) is 18.4. The van der Waals surface area contributed by atoms with Crippen molar-refractivity contribution in [2.45, 2.75) is 18.4 Å². The van der Waals surface area contributed by atoms with Gasteiger partial charge in [0.2, 0.25) is 0 Å². The van der Waals surface area contributed by atoms with Gasteiger partial charge in [0.25, 0.3) is 11.8 Å². The van der Waals surface area contributed by atoms with Gasteiger partial charge in [0.05, 0.1) is 5.60 Å². The van der Waals surface area contributed by atoms with Gasteiger partial charge in [-0.1, -0.05) is 74.3 Å². The largest absolute Gasteiger partial charge is 0.385 e. The maximum atomic E-state index is 13.5. The first-order valence-electron chi connectivity index (χ1n) is 11.0. The van der Waals surface area contributed by atoms with Crippen molar-refractivity contribution in [2.24, 2.45) is 0 Å². The Balaban J connectivity index is 1.52.